The highest BCUT2D eigenvalue weighted by Crippen LogP contribution is 2.23. The minimum absolute atomic E-state index is 0.242. The SMILES string of the molecule is O=C(NCCc1ccncc1)OCc1ccccc1-c1ccccc1. The number of carbonyl (C=O) groups is 1. The van der Waals surface area contributed by atoms with Gasteiger partial charge in [0.15, 0.2) is 0 Å². The predicted octanol–water partition coefficient (Wildman–Crippen LogP) is 4.22. The lowest BCUT2D eigenvalue weighted by atomic mass is 10.0. The van der Waals surface area contributed by atoms with Gasteiger partial charge in [0.25, 0.3) is 0 Å². The Morgan fingerprint density at radius 3 is 2.44 bits per heavy atom. The van der Waals surface area contributed by atoms with Crippen LogP contribution in [0.2, 0.25) is 0 Å². The van der Waals surface area contributed by atoms with Gasteiger partial charge >= 0.3 is 6.09 Å². The second kappa shape index (κ2) is 8.64. The summed E-state index contributed by atoms with van der Waals surface area (Å²) in [4.78, 5) is 15.9. The maximum atomic E-state index is 11.9. The van der Waals surface area contributed by atoms with Gasteiger partial charge in [-0.15, -0.1) is 0 Å². The number of rotatable bonds is 6. The Balaban J connectivity index is 1.52. The molecule has 0 spiro atoms. The molecule has 3 aromatic rings. The molecule has 1 N–H and O–H groups in total. The number of ether oxygens (including phenoxy) is 1. The molecule has 1 heterocycles. The minimum Gasteiger partial charge on any atom is -0.445 e. The van der Waals surface area contributed by atoms with E-state index in [1.807, 2.05) is 66.7 Å². The van der Waals surface area contributed by atoms with Crippen LogP contribution in [0.4, 0.5) is 4.79 Å². The Morgan fingerprint density at radius 2 is 1.64 bits per heavy atom. The Kier molecular flexibility index (Phi) is 5.77. The van der Waals surface area contributed by atoms with Crippen molar-refractivity contribution in [2.75, 3.05) is 6.54 Å². The molecule has 126 valence electrons. The Bertz CT molecular complexity index is 804. The van der Waals surface area contributed by atoms with E-state index in [-0.39, 0.29) is 6.61 Å². The molecule has 0 atom stereocenters. The molecular weight excluding hydrogens is 312 g/mol. The fourth-order valence-corrected chi connectivity index (χ4v) is 2.60. The van der Waals surface area contributed by atoms with Crippen molar-refractivity contribution in [3.05, 3.63) is 90.3 Å². The van der Waals surface area contributed by atoms with E-state index in [1.165, 1.54) is 0 Å². The molecule has 4 heteroatoms. The normalized spacial score (nSPS) is 10.2. The van der Waals surface area contributed by atoms with Crippen molar-refractivity contribution >= 4 is 6.09 Å². The van der Waals surface area contributed by atoms with Crippen LogP contribution < -0.4 is 5.32 Å². The number of pyridine rings is 1. The number of aromatic nitrogens is 1. The molecule has 0 bridgehead atoms. The Labute approximate surface area is 147 Å². The van der Waals surface area contributed by atoms with Crippen molar-refractivity contribution in [1.82, 2.24) is 10.3 Å². The van der Waals surface area contributed by atoms with Gasteiger partial charge in [0.1, 0.15) is 6.61 Å². The number of nitrogens with zero attached hydrogens (tertiary/aromatic N) is 1. The third-order valence-corrected chi connectivity index (χ3v) is 3.89. The Hall–Kier alpha value is -3.14. The second-order valence-corrected chi connectivity index (χ2v) is 5.63. The predicted molar refractivity (Wildman–Crippen MR) is 98.0 cm³/mol. The van der Waals surface area contributed by atoms with Crippen molar-refractivity contribution in [3.63, 3.8) is 0 Å². The van der Waals surface area contributed by atoms with Crippen LogP contribution in [0.3, 0.4) is 0 Å². The lowest BCUT2D eigenvalue weighted by molar-refractivity contribution is 0.140. The number of amides is 1. The Morgan fingerprint density at radius 1 is 0.920 bits per heavy atom. The summed E-state index contributed by atoms with van der Waals surface area (Å²) in [6.07, 6.45) is 3.83. The number of alkyl carbamates (subject to hydrolysis) is 1. The van der Waals surface area contributed by atoms with Crippen molar-refractivity contribution in [2.24, 2.45) is 0 Å². The van der Waals surface area contributed by atoms with Gasteiger partial charge in [-0.1, -0.05) is 54.6 Å². The van der Waals surface area contributed by atoms with E-state index < -0.39 is 6.09 Å². The van der Waals surface area contributed by atoms with E-state index >= 15 is 0 Å². The van der Waals surface area contributed by atoms with Crippen LogP contribution in [0.15, 0.2) is 79.1 Å². The molecule has 4 nitrogen and oxygen atoms in total. The van der Waals surface area contributed by atoms with Gasteiger partial charge in [0, 0.05) is 18.9 Å². The number of nitrogens with one attached hydrogen (secondary N) is 1. The van der Waals surface area contributed by atoms with Gasteiger partial charge in [-0.3, -0.25) is 4.98 Å². The molecule has 1 aromatic heterocycles. The van der Waals surface area contributed by atoms with Crippen molar-refractivity contribution < 1.29 is 9.53 Å². The highest BCUT2D eigenvalue weighted by molar-refractivity contribution is 5.69. The summed E-state index contributed by atoms with van der Waals surface area (Å²) in [5.74, 6) is 0. The van der Waals surface area contributed by atoms with Gasteiger partial charge in [-0.05, 0) is 40.8 Å². The summed E-state index contributed by atoms with van der Waals surface area (Å²) >= 11 is 0. The molecule has 1 amide bonds. The first-order valence-electron chi connectivity index (χ1n) is 8.26. The molecule has 0 aliphatic carbocycles. The zero-order valence-corrected chi connectivity index (χ0v) is 13.9. The summed E-state index contributed by atoms with van der Waals surface area (Å²) in [7, 11) is 0. The summed E-state index contributed by atoms with van der Waals surface area (Å²) in [5.41, 5.74) is 4.30. The van der Waals surface area contributed by atoms with Gasteiger partial charge in [0.05, 0.1) is 0 Å². The van der Waals surface area contributed by atoms with Crippen LogP contribution in [0.1, 0.15) is 11.1 Å². The molecule has 0 unspecified atom stereocenters. The number of carbonyl (C=O) groups excluding carboxylic acids is 1. The fourth-order valence-electron chi connectivity index (χ4n) is 2.60. The van der Waals surface area contributed by atoms with Crippen LogP contribution in [0, 0.1) is 0 Å². The highest BCUT2D eigenvalue weighted by Gasteiger charge is 2.07. The first-order chi connectivity index (χ1) is 12.3. The maximum Gasteiger partial charge on any atom is 0.407 e. The van der Waals surface area contributed by atoms with Gasteiger partial charge in [-0.25, -0.2) is 4.79 Å². The van der Waals surface area contributed by atoms with Crippen LogP contribution >= 0.6 is 0 Å². The quantitative estimate of drug-likeness (QED) is 0.735. The molecule has 0 aliphatic heterocycles. The molecule has 25 heavy (non-hydrogen) atoms. The lowest BCUT2D eigenvalue weighted by Gasteiger charge is -2.11. The molecular formula is C21H20N2O2. The minimum atomic E-state index is -0.406. The summed E-state index contributed by atoms with van der Waals surface area (Å²) < 4.78 is 5.37. The number of benzene rings is 2. The molecule has 0 saturated carbocycles. The number of hydrogen-bond donors (Lipinski definition) is 1. The van der Waals surface area contributed by atoms with Crippen LogP contribution in [0.25, 0.3) is 11.1 Å². The second-order valence-electron chi connectivity index (χ2n) is 5.63. The first-order valence-corrected chi connectivity index (χ1v) is 8.26. The third-order valence-electron chi connectivity index (χ3n) is 3.89. The number of hydrogen-bond acceptors (Lipinski definition) is 3. The average molecular weight is 332 g/mol. The van der Waals surface area contributed by atoms with Crippen LogP contribution in [0.5, 0.6) is 0 Å². The lowest BCUT2D eigenvalue weighted by Crippen LogP contribution is -2.26. The van der Waals surface area contributed by atoms with Crippen molar-refractivity contribution in [2.45, 2.75) is 13.0 Å². The molecule has 2 aromatic carbocycles. The van der Waals surface area contributed by atoms with Crippen molar-refractivity contribution in [1.29, 1.82) is 0 Å². The molecule has 0 radical (unpaired) electrons. The zero-order valence-electron chi connectivity index (χ0n) is 13.9. The van der Waals surface area contributed by atoms with Crippen LogP contribution in [-0.2, 0) is 17.8 Å². The van der Waals surface area contributed by atoms with E-state index in [9.17, 15) is 4.79 Å². The zero-order chi connectivity index (χ0) is 17.3. The average Bonchev–Trinajstić information content (AvgIpc) is 2.68. The van der Waals surface area contributed by atoms with Gasteiger partial charge in [0.2, 0.25) is 0 Å². The summed E-state index contributed by atoms with van der Waals surface area (Å²) in [6, 6.07) is 21.9. The highest BCUT2D eigenvalue weighted by atomic mass is 16.5. The van der Waals surface area contributed by atoms with Gasteiger partial charge in [-0.2, -0.15) is 0 Å². The van der Waals surface area contributed by atoms with E-state index in [2.05, 4.69) is 10.3 Å². The largest absolute Gasteiger partial charge is 0.445 e. The topological polar surface area (TPSA) is 51.2 Å². The summed E-state index contributed by atoms with van der Waals surface area (Å²) in [6.45, 7) is 0.773. The van der Waals surface area contributed by atoms with Crippen LogP contribution in [-0.4, -0.2) is 17.6 Å². The maximum absolute atomic E-state index is 11.9. The smallest absolute Gasteiger partial charge is 0.407 e. The standard InChI is InChI=1S/C21H20N2O2/c24-21(23-15-12-17-10-13-22-14-11-17)25-16-19-8-4-5-9-20(19)18-6-2-1-3-7-18/h1-11,13-14H,12,15-16H2,(H,23,24). The van der Waals surface area contributed by atoms with E-state index in [4.69, 9.17) is 4.74 Å². The summed E-state index contributed by atoms with van der Waals surface area (Å²) in [5, 5.41) is 2.78. The van der Waals surface area contributed by atoms with E-state index in [1.54, 1.807) is 12.4 Å². The third kappa shape index (κ3) is 4.91. The monoisotopic (exact) mass is 332 g/mol. The fraction of sp³-hybridized carbons (Fsp3) is 0.143. The van der Waals surface area contributed by atoms with Gasteiger partial charge < -0.3 is 10.1 Å². The van der Waals surface area contributed by atoms with Crippen molar-refractivity contribution in [3.8, 4) is 11.1 Å². The van der Waals surface area contributed by atoms with E-state index in [0.29, 0.717) is 6.54 Å². The van der Waals surface area contributed by atoms with E-state index in [0.717, 1.165) is 28.7 Å². The molecule has 0 fully saturated rings. The first kappa shape index (κ1) is 16.7. The molecule has 0 aliphatic rings. The molecule has 3 rings (SSSR count). The molecule has 0 saturated heterocycles.